The van der Waals surface area contributed by atoms with Crippen LogP contribution in [0.25, 0.3) is 0 Å². The first-order valence-electron chi connectivity index (χ1n) is 13.3. The maximum atomic E-state index is 10.5. The van der Waals surface area contributed by atoms with E-state index in [0.717, 1.165) is 62.6 Å². The third-order valence-electron chi connectivity index (χ3n) is 7.08. The molecule has 0 radical (unpaired) electrons. The molecule has 0 aliphatic carbocycles. The summed E-state index contributed by atoms with van der Waals surface area (Å²) in [5, 5.41) is 27.1. The normalized spacial score (nSPS) is 18.9. The summed E-state index contributed by atoms with van der Waals surface area (Å²) in [6.07, 6.45) is 2.65. The molecule has 0 unspecified atom stereocenters. The van der Waals surface area contributed by atoms with E-state index in [2.05, 4.69) is 19.8 Å². The fourth-order valence-electron chi connectivity index (χ4n) is 4.98. The van der Waals surface area contributed by atoms with Crippen molar-refractivity contribution >= 4 is 32.9 Å². The second-order valence-corrected chi connectivity index (χ2v) is 11.7. The maximum Gasteiger partial charge on any atom is 0.185 e. The molecule has 2 fully saturated rings. The van der Waals surface area contributed by atoms with E-state index in [-0.39, 0.29) is 13.2 Å². The third kappa shape index (κ3) is 7.78. The quantitative estimate of drug-likeness (QED) is 0.221. The van der Waals surface area contributed by atoms with Crippen molar-refractivity contribution in [2.24, 2.45) is 0 Å². The van der Waals surface area contributed by atoms with E-state index in [1.165, 1.54) is 9.80 Å². The van der Waals surface area contributed by atoms with Gasteiger partial charge >= 0.3 is 0 Å². The Morgan fingerprint density at radius 2 is 1.11 bits per heavy atom. The van der Waals surface area contributed by atoms with Gasteiger partial charge in [0.15, 0.2) is 10.3 Å². The number of nitrogens with one attached hydrogen (secondary N) is 2. The predicted octanol–water partition coefficient (Wildman–Crippen LogP) is -1.11. The van der Waals surface area contributed by atoms with Gasteiger partial charge in [-0.05, 0) is 24.3 Å². The molecule has 2 atom stereocenters. The first-order valence-corrected chi connectivity index (χ1v) is 15.1. The van der Waals surface area contributed by atoms with E-state index in [1.807, 2.05) is 47.4 Å². The minimum Gasteiger partial charge on any atom is -0.491 e. The number of benzene rings is 1. The topological polar surface area (TPSA) is 100 Å². The van der Waals surface area contributed by atoms with Gasteiger partial charge in [0.05, 0.1) is 52.4 Å². The Morgan fingerprint density at radius 3 is 1.45 bits per heavy atom. The minimum absolute atomic E-state index is 0.261. The van der Waals surface area contributed by atoms with Gasteiger partial charge in [0, 0.05) is 23.2 Å². The number of hydrogen-bond donors (Lipinski definition) is 4. The number of nitrogens with zero attached hydrogens (tertiary/aromatic N) is 4. The Kier molecular flexibility index (Phi) is 9.66. The number of ether oxygens (including phenoxy) is 2. The molecule has 2 aromatic heterocycles. The predicted molar refractivity (Wildman–Crippen MR) is 149 cm³/mol. The number of aliphatic hydroxyl groups excluding tert-OH is 2. The number of thiazole rings is 2. The number of quaternary nitrogens is 2. The second kappa shape index (κ2) is 13.5. The number of piperazine rings is 2. The zero-order valence-corrected chi connectivity index (χ0v) is 23.2. The van der Waals surface area contributed by atoms with Gasteiger partial charge in [0.1, 0.15) is 50.0 Å². The van der Waals surface area contributed by atoms with E-state index in [4.69, 9.17) is 9.47 Å². The van der Waals surface area contributed by atoms with Gasteiger partial charge in [0.2, 0.25) is 0 Å². The van der Waals surface area contributed by atoms with Gasteiger partial charge in [-0.15, -0.1) is 22.7 Å². The molecule has 4 heterocycles. The standard InChI is InChI=1S/C26H36N6O4S2/c33-21(17-29-7-11-31(12-8-29)25-27-5-15-37-25)19-35-23-1-2-24(4-3-23)36-20-22(34)18-30-9-13-32(14-10-30)26-28-6-16-38-26/h1-6,15-16,21-22,33-34H,7-14,17-20H2/p+2/t21-,22-/m0/s1. The van der Waals surface area contributed by atoms with Crippen LogP contribution in [0.3, 0.4) is 0 Å². The summed E-state index contributed by atoms with van der Waals surface area (Å²) < 4.78 is 11.6. The molecule has 1 aromatic carbocycles. The van der Waals surface area contributed by atoms with Crippen LogP contribution in [-0.4, -0.2) is 111 Å². The summed E-state index contributed by atoms with van der Waals surface area (Å²) in [4.78, 5) is 16.2. The molecular formula is C26H38N6O4S2+2. The molecule has 0 bridgehead atoms. The Balaban J connectivity index is 0.951. The molecule has 0 saturated carbocycles. The van der Waals surface area contributed by atoms with Crippen LogP contribution in [0.5, 0.6) is 11.5 Å². The van der Waals surface area contributed by atoms with E-state index in [0.29, 0.717) is 24.6 Å². The Morgan fingerprint density at radius 1 is 0.711 bits per heavy atom. The average molecular weight is 563 g/mol. The Labute approximate surface area is 231 Å². The molecule has 3 aromatic rings. The molecule has 0 spiro atoms. The molecule has 5 rings (SSSR count). The van der Waals surface area contributed by atoms with E-state index < -0.39 is 12.2 Å². The van der Waals surface area contributed by atoms with Crippen LogP contribution in [-0.2, 0) is 0 Å². The molecule has 10 nitrogen and oxygen atoms in total. The van der Waals surface area contributed by atoms with Crippen LogP contribution in [0.15, 0.2) is 47.4 Å². The lowest BCUT2D eigenvalue weighted by molar-refractivity contribution is -0.903. The highest BCUT2D eigenvalue weighted by molar-refractivity contribution is 7.13. The van der Waals surface area contributed by atoms with Crippen molar-refractivity contribution in [2.75, 3.05) is 88.5 Å². The first kappa shape index (κ1) is 27.1. The van der Waals surface area contributed by atoms with Gasteiger partial charge in [-0.1, -0.05) is 0 Å². The van der Waals surface area contributed by atoms with Gasteiger partial charge in [-0.2, -0.15) is 0 Å². The first-order chi connectivity index (χ1) is 18.6. The summed E-state index contributed by atoms with van der Waals surface area (Å²) in [6.45, 7) is 9.63. The van der Waals surface area contributed by atoms with Crippen molar-refractivity contribution in [1.82, 2.24) is 9.97 Å². The molecule has 0 amide bonds. The largest absolute Gasteiger partial charge is 0.491 e. The fraction of sp³-hybridized carbons (Fsp3) is 0.538. The number of aliphatic hydroxyl groups is 2. The van der Waals surface area contributed by atoms with Crippen molar-refractivity contribution in [2.45, 2.75) is 12.2 Å². The zero-order valence-electron chi connectivity index (χ0n) is 21.6. The minimum atomic E-state index is -0.520. The lowest BCUT2D eigenvalue weighted by Gasteiger charge is -2.32. The third-order valence-corrected chi connectivity index (χ3v) is 8.74. The second-order valence-electron chi connectivity index (χ2n) is 9.91. The van der Waals surface area contributed by atoms with Gasteiger partial charge in [-0.3, -0.25) is 0 Å². The van der Waals surface area contributed by atoms with Gasteiger partial charge < -0.3 is 39.3 Å². The van der Waals surface area contributed by atoms with Crippen LogP contribution in [0.4, 0.5) is 10.3 Å². The summed E-state index contributed by atoms with van der Waals surface area (Å²) in [5.74, 6) is 1.39. The fourth-order valence-corrected chi connectivity index (χ4v) is 6.38. The van der Waals surface area contributed by atoms with E-state index in [9.17, 15) is 10.2 Å². The van der Waals surface area contributed by atoms with Crippen molar-refractivity contribution < 1.29 is 29.5 Å². The smallest absolute Gasteiger partial charge is 0.185 e. The van der Waals surface area contributed by atoms with Crippen LogP contribution in [0, 0.1) is 0 Å². The SMILES string of the molecule is O[C@H](COc1ccc(OC[C@@H](O)C[NH+]2CCN(c3nccs3)CC2)cc1)C[NH+]1CCN(c2nccs2)CC1. The molecule has 206 valence electrons. The highest BCUT2D eigenvalue weighted by Crippen LogP contribution is 2.19. The summed E-state index contributed by atoms with van der Waals surface area (Å²) in [5.41, 5.74) is 0. The van der Waals surface area contributed by atoms with Crippen molar-refractivity contribution in [3.8, 4) is 11.5 Å². The lowest BCUT2D eigenvalue weighted by Crippen LogP contribution is -3.16. The summed E-state index contributed by atoms with van der Waals surface area (Å²) in [6, 6.07) is 7.38. The highest BCUT2D eigenvalue weighted by Gasteiger charge is 2.25. The number of rotatable bonds is 12. The van der Waals surface area contributed by atoms with Crippen molar-refractivity contribution in [1.29, 1.82) is 0 Å². The molecule has 2 saturated heterocycles. The molecular weight excluding hydrogens is 524 g/mol. The number of hydrogen-bond acceptors (Lipinski definition) is 10. The van der Waals surface area contributed by atoms with Crippen molar-refractivity contribution in [3.05, 3.63) is 47.4 Å². The monoisotopic (exact) mass is 562 g/mol. The molecule has 2 aliphatic rings. The van der Waals surface area contributed by atoms with E-state index >= 15 is 0 Å². The van der Waals surface area contributed by atoms with Crippen LogP contribution >= 0.6 is 22.7 Å². The Hall–Kier alpha value is -2.48. The lowest BCUT2D eigenvalue weighted by atomic mass is 10.2. The summed E-state index contributed by atoms with van der Waals surface area (Å²) >= 11 is 3.35. The average Bonchev–Trinajstić information content (AvgIpc) is 3.68. The number of anilines is 2. The molecule has 4 N–H and O–H groups in total. The zero-order chi connectivity index (χ0) is 26.2. The van der Waals surface area contributed by atoms with Gasteiger partial charge in [0.25, 0.3) is 0 Å². The van der Waals surface area contributed by atoms with Crippen molar-refractivity contribution in [3.63, 3.8) is 0 Å². The van der Waals surface area contributed by atoms with Crippen LogP contribution < -0.4 is 29.1 Å². The van der Waals surface area contributed by atoms with Crippen LogP contribution in [0.1, 0.15) is 0 Å². The maximum absolute atomic E-state index is 10.5. The van der Waals surface area contributed by atoms with Gasteiger partial charge in [-0.25, -0.2) is 9.97 Å². The Bertz CT molecular complexity index is 971. The molecule has 2 aliphatic heterocycles. The molecule has 12 heteroatoms. The number of aromatic nitrogens is 2. The van der Waals surface area contributed by atoms with Crippen LogP contribution in [0.2, 0.25) is 0 Å². The summed E-state index contributed by atoms with van der Waals surface area (Å²) in [7, 11) is 0. The molecule has 38 heavy (non-hydrogen) atoms. The van der Waals surface area contributed by atoms with E-state index in [1.54, 1.807) is 22.7 Å². The highest BCUT2D eigenvalue weighted by atomic mass is 32.1.